The van der Waals surface area contributed by atoms with E-state index in [2.05, 4.69) is 5.32 Å². The Kier molecular flexibility index (Phi) is 5.94. The number of ether oxygens (including phenoxy) is 1. The maximum absolute atomic E-state index is 12.6. The van der Waals surface area contributed by atoms with Crippen molar-refractivity contribution in [2.45, 2.75) is 50.1 Å². The van der Waals surface area contributed by atoms with Gasteiger partial charge in [0.15, 0.2) is 0 Å². The fourth-order valence-corrected chi connectivity index (χ4v) is 4.87. The van der Waals surface area contributed by atoms with E-state index in [1.54, 1.807) is 28.8 Å². The van der Waals surface area contributed by atoms with Crippen LogP contribution in [0.4, 0.5) is 0 Å². The molecule has 2 saturated heterocycles. The Hall–Kier alpha value is -2.22. The number of rotatable bonds is 8. The molecule has 2 heterocycles. The molecule has 2 atom stereocenters. The van der Waals surface area contributed by atoms with Crippen molar-refractivity contribution in [3.05, 3.63) is 29.8 Å². The van der Waals surface area contributed by atoms with Gasteiger partial charge in [0.2, 0.25) is 11.8 Å². The summed E-state index contributed by atoms with van der Waals surface area (Å²) >= 11 is 1.68. The number of carbonyl (C=O) groups excluding carboxylic acids is 2. The van der Waals surface area contributed by atoms with Crippen molar-refractivity contribution in [3.8, 4) is 5.75 Å². The first-order valence-electron chi connectivity index (χ1n) is 9.06. The summed E-state index contributed by atoms with van der Waals surface area (Å²) in [6.45, 7) is 2.77. The number of hydrogen-bond acceptors (Lipinski definition) is 5. The van der Waals surface area contributed by atoms with Crippen molar-refractivity contribution in [2.75, 3.05) is 12.4 Å². The maximum atomic E-state index is 12.6. The first-order chi connectivity index (χ1) is 12.9. The molecule has 0 saturated carbocycles. The Labute approximate surface area is 162 Å². The molecule has 1 aromatic rings. The molecule has 0 aromatic heterocycles. The van der Waals surface area contributed by atoms with Crippen molar-refractivity contribution in [1.82, 2.24) is 10.2 Å². The van der Waals surface area contributed by atoms with Gasteiger partial charge in [0.1, 0.15) is 11.8 Å². The molecule has 0 bridgehead atoms. The van der Waals surface area contributed by atoms with Gasteiger partial charge in [-0.05, 0) is 37.5 Å². The molecule has 27 heavy (non-hydrogen) atoms. The van der Waals surface area contributed by atoms with E-state index in [0.29, 0.717) is 37.5 Å². The highest BCUT2D eigenvalue weighted by Crippen LogP contribution is 2.47. The molecule has 8 heteroatoms. The molecular weight excluding hydrogens is 368 g/mol. The number of carbonyl (C=O) groups is 3. The molecule has 1 aromatic carbocycles. The molecule has 2 unspecified atom stereocenters. The summed E-state index contributed by atoms with van der Waals surface area (Å²) in [6.07, 6.45) is 1.86. The van der Waals surface area contributed by atoms with E-state index in [4.69, 9.17) is 9.84 Å². The number of thioether (sulfide) groups is 1. The van der Waals surface area contributed by atoms with E-state index in [1.807, 2.05) is 19.1 Å². The monoisotopic (exact) mass is 392 g/mol. The Balaban J connectivity index is 1.46. The average molecular weight is 392 g/mol. The quantitative estimate of drug-likeness (QED) is 0.657. The topological polar surface area (TPSA) is 95.9 Å². The van der Waals surface area contributed by atoms with Crippen LogP contribution >= 0.6 is 11.8 Å². The highest BCUT2D eigenvalue weighted by atomic mass is 32.2. The zero-order chi connectivity index (χ0) is 19.4. The molecule has 2 aliphatic rings. The van der Waals surface area contributed by atoms with Gasteiger partial charge in [-0.15, -0.1) is 11.8 Å². The Bertz CT molecular complexity index is 723. The number of nitrogens with zero attached hydrogens (tertiary/aromatic N) is 1. The minimum absolute atomic E-state index is 0.0621. The van der Waals surface area contributed by atoms with Gasteiger partial charge in [0, 0.05) is 25.1 Å². The lowest BCUT2D eigenvalue weighted by atomic mass is 10.2. The van der Waals surface area contributed by atoms with Crippen molar-refractivity contribution in [1.29, 1.82) is 0 Å². The lowest BCUT2D eigenvalue weighted by Gasteiger charge is -2.29. The van der Waals surface area contributed by atoms with E-state index in [-0.39, 0.29) is 23.1 Å². The van der Waals surface area contributed by atoms with Crippen LogP contribution in [0, 0.1) is 0 Å². The van der Waals surface area contributed by atoms with Gasteiger partial charge in [-0.2, -0.15) is 0 Å². The van der Waals surface area contributed by atoms with Crippen molar-refractivity contribution in [3.63, 3.8) is 0 Å². The average Bonchev–Trinajstić information content (AvgIpc) is 3.14. The summed E-state index contributed by atoms with van der Waals surface area (Å²) in [5, 5.41) is 11.5. The highest BCUT2D eigenvalue weighted by molar-refractivity contribution is 8.01. The molecule has 7 nitrogen and oxygen atoms in total. The van der Waals surface area contributed by atoms with Gasteiger partial charge >= 0.3 is 5.97 Å². The van der Waals surface area contributed by atoms with Crippen LogP contribution in [-0.4, -0.2) is 51.1 Å². The Morgan fingerprint density at radius 2 is 2.11 bits per heavy atom. The third kappa shape index (κ3) is 4.55. The molecule has 2 amide bonds. The zero-order valence-corrected chi connectivity index (χ0v) is 16.1. The van der Waals surface area contributed by atoms with Gasteiger partial charge in [0.05, 0.1) is 11.5 Å². The molecule has 0 spiro atoms. The van der Waals surface area contributed by atoms with Gasteiger partial charge in [0.25, 0.3) is 0 Å². The minimum atomic E-state index is -0.832. The molecule has 2 N–H and O–H groups in total. The molecule has 0 radical (unpaired) electrons. The number of hydrogen-bond donors (Lipinski definition) is 2. The maximum Gasteiger partial charge on any atom is 0.303 e. The van der Waals surface area contributed by atoms with E-state index < -0.39 is 12.0 Å². The van der Waals surface area contributed by atoms with Crippen LogP contribution in [0.15, 0.2) is 24.3 Å². The number of carboxylic acids is 1. The standard InChI is InChI=1S/C19H24N2O5S/c1-19-9-8-16(22)21(19)15(12-27-19)18(25)20-11-13-4-6-14(7-5-13)26-10-2-3-17(23)24/h4-7,15H,2-3,8-12H2,1H3,(H,20,25)(H,23,24). The number of fused-ring (bicyclic) bond motifs is 1. The van der Waals surface area contributed by atoms with Gasteiger partial charge in [-0.1, -0.05) is 12.1 Å². The summed E-state index contributed by atoms with van der Waals surface area (Å²) in [5.74, 6) is 0.418. The molecule has 2 aliphatic heterocycles. The van der Waals surface area contributed by atoms with E-state index in [0.717, 1.165) is 12.0 Å². The molecule has 0 aliphatic carbocycles. The van der Waals surface area contributed by atoms with Crippen molar-refractivity contribution in [2.24, 2.45) is 0 Å². The fourth-order valence-electron chi connectivity index (χ4n) is 3.44. The molecule has 146 valence electrons. The summed E-state index contributed by atoms with van der Waals surface area (Å²) < 4.78 is 5.49. The number of carboxylic acid groups (broad SMARTS) is 1. The third-order valence-electron chi connectivity index (χ3n) is 4.94. The highest BCUT2D eigenvalue weighted by Gasteiger charge is 2.52. The SMILES string of the molecule is CC12CCC(=O)N1C(C(=O)NCc1ccc(OCCCC(=O)O)cc1)CS2. The van der Waals surface area contributed by atoms with E-state index >= 15 is 0 Å². The second-order valence-electron chi connectivity index (χ2n) is 6.97. The van der Waals surface area contributed by atoms with Crippen LogP contribution in [0.5, 0.6) is 5.75 Å². The van der Waals surface area contributed by atoms with Gasteiger partial charge in [-0.25, -0.2) is 0 Å². The smallest absolute Gasteiger partial charge is 0.303 e. The second kappa shape index (κ2) is 8.21. The van der Waals surface area contributed by atoms with Crippen molar-refractivity contribution >= 4 is 29.5 Å². The summed E-state index contributed by atoms with van der Waals surface area (Å²) in [4.78, 5) is 36.6. The van der Waals surface area contributed by atoms with Crippen molar-refractivity contribution < 1.29 is 24.2 Å². The third-order valence-corrected chi connectivity index (χ3v) is 6.45. The molecule has 3 rings (SSSR count). The Morgan fingerprint density at radius 1 is 1.37 bits per heavy atom. The van der Waals surface area contributed by atoms with Gasteiger partial charge in [-0.3, -0.25) is 14.4 Å². The lowest BCUT2D eigenvalue weighted by molar-refractivity contribution is -0.138. The fraction of sp³-hybridized carbons (Fsp3) is 0.526. The van der Waals surface area contributed by atoms with Crippen LogP contribution < -0.4 is 10.1 Å². The first kappa shape index (κ1) is 19.5. The number of aliphatic carboxylic acids is 1. The van der Waals surface area contributed by atoms with Crippen LogP contribution in [0.25, 0.3) is 0 Å². The van der Waals surface area contributed by atoms with Crippen LogP contribution in [-0.2, 0) is 20.9 Å². The number of amides is 2. The van der Waals surface area contributed by atoms with Gasteiger partial charge < -0.3 is 20.1 Å². The first-order valence-corrected chi connectivity index (χ1v) is 10.0. The van der Waals surface area contributed by atoms with Crippen LogP contribution in [0.3, 0.4) is 0 Å². The Morgan fingerprint density at radius 3 is 2.81 bits per heavy atom. The summed E-state index contributed by atoms with van der Waals surface area (Å²) in [6, 6.07) is 6.93. The second-order valence-corrected chi connectivity index (χ2v) is 8.47. The molecule has 2 fully saturated rings. The molecular formula is C19H24N2O5S. The zero-order valence-electron chi connectivity index (χ0n) is 15.3. The van der Waals surface area contributed by atoms with E-state index in [9.17, 15) is 14.4 Å². The summed E-state index contributed by atoms with van der Waals surface area (Å²) in [5.41, 5.74) is 0.933. The largest absolute Gasteiger partial charge is 0.494 e. The van der Waals surface area contributed by atoms with Crippen LogP contribution in [0.2, 0.25) is 0 Å². The number of benzene rings is 1. The summed E-state index contributed by atoms with van der Waals surface area (Å²) in [7, 11) is 0. The minimum Gasteiger partial charge on any atom is -0.494 e. The van der Waals surface area contributed by atoms with E-state index in [1.165, 1.54) is 0 Å². The lowest BCUT2D eigenvalue weighted by Crippen LogP contribution is -2.49. The number of nitrogens with one attached hydrogen (secondary N) is 1. The predicted octanol–water partition coefficient (Wildman–Crippen LogP) is 2.00. The predicted molar refractivity (Wildman–Crippen MR) is 101 cm³/mol. The van der Waals surface area contributed by atoms with Crippen LogP contribution in [0.1, 0.15) is 38.2 Å². The normalized spacial score (nSPS) is 24.0.